The Morgan fingerprint density at radius 3 is 3.06 bits per heavy atom. The topological polar surface area (TPSA) is 51.2 Å². The Balaban J connectivity index is 0.00000144. The van der Waals surface area contributed by atoms with Gasteiger partial charge in [0.15, 0.2) is 0 Å². The summed E-state index contributed by atoms with van der Waals surface area (Å²) >= 11 is 0. The molecule has 0 aliphatic carbocycles. The minimum Gasteiger partial charge on any atom is -0.373 e. The molecule has 0 radical (unpaired) electrons. The molecule has 0 bridgehead atoms. The third-order valence-corrected chi connectivity index (χ3v) is 2.70. The molecule has 1 saturated heterocycles. The lowest BCUT2D eigenvalue weighted by Crippen LogP contribution is -2.17. The maximum absolute atomic E-state index is 11.6. The van der Waals surface area contributed by atoms with E-state index >= 15 is 0 Å². The highest BCUT2D eigenvalue weighted by atomic mass is 35.5. The van der Waals surface area contributed by atoms with Crippen LogP contribution in [0.3, 0.4) is 0 Å². The van der Waals surface area contributed by atoms with Crippen molar-refractivity contribution in [3.63, 3.8) is 0 Å². The van der Waals surface area contributed by atoms with E-state index in [4.69, 9.17) is 4.74 Å². The maximum Gasteiger partial charge on any atom is 0.206 e. The molecule has 2 heterocycles. The highest BCUT2D eigenvalue weighted by Gasteiger charge is 2.15. The first-order chi connectivity index (χ1) is 7.86. The minimum atomic E-state index is -0.0495. The average molecular weight is 257 g/mol. The molecule has 0 aromatic carbocycles. The summed E-state index contributed by atoms with van der Waals surface area (Å²) in [7, 11) is 0. The molecule has 94 valence electrons. The largest absolute Gasteiger partial charge is 0.373 e. The van der Waals surface area contributed by atoms with Crippen LogP contribution in [0.1, 0.15) is 16.9 Å². The van der Waals surface area contributed by atoms with Gasteiger partial charge in [0.25, 0.3) is 0 Å². The van der Waals surface area contributed by atoms with Gasteiger partial charge in [0.2, 0.25) is 5.78 Å². The zero-order valence-electron chi connectivity index (χ0n) is 9.59. The zero-order chi connectivity index (χ0) is 11.2. The fraction of sp³-hybridized carbons (Fsp3) is 0.500. The second-order valence-corrected chi connectivity index (χ2v) is 4.01. The molecule has 1 fully saturated rings. The fourth-order valence-electron chi connectivity index (χ4n) is 1.78. The van der Waals surface area contributed by atoms with Crippen LogP contribution in [0.2, 0.25) is 0 Å². The zero-order valence-corrected chi connectivity index (χ0v) is 10.4. The van der Waals surface area contributed by atoms with Gasteiger partial charge in [0.1, 0.15) is 12.3 Å². The van der Waals surface area contributed by atoms with E-state index < -0.39 is 0 Å². The van der Waals surface area contributed by atoms with Crippen molar-refractivity contribution in [2.75, 3.05) is 26.3 Å². The van der Waals surface area contributed by atoms with Crippen LogP contribution in [0.4, 0.5) is 0 Å². The third-order valence-electron chi connectivity index (χ3n) is 2.70. The predicted octanol–water partition coefficient (Wildman–Crippen LogP) is 1.31. The van der Waals surface area contributed by atoms with Crippen molar-refractivity contribution >= 4 is 18.2 Å². The van der Waals surface area contributed by atoms with Gasteiger partial charge >= 0.3 is 0 Å². The van der Waals surface area contributed by atoms with Crippen molar-refractivity contribution in [1.82, 2.24) is 10.3 Å². The summed E-state index contributed by atoms with van der Waals surface area (Å²) in [5.74, 6) is 0.503. The van der Waals surface area contributed by atoms with Crippen LogP contribution in [0.5, 0.6) is 0 Å². The number of carbonyl (C=O) groups is 1. The number of ketones is 1. The van der Waals surface area contributed by atoms with E-state index in [1.807, 2.05) is 0 Å². The Kier molecular flexibility index (Phi) is 6.11. The fourth-order valence-corrected chi connectivity index (χ4v) is 1.78. The van der Waals surface area contributed by atoms with Crippen LogP contribution in [-0.4, -0.2) is 37.1 Å². The molecule has 1 unspecified atom stereocenters. The van der Waals surface area contributed by atoms with E-state index in [0.717, 1.165) is 19.5 Å². The maximum atomic E-state index is 11.6. The van der Waals surface area contributed by atoms with E-state index in [2.05, 4.69) is 10.3 Å². The number of carbonyl (C=O) groups excluding carboxylic acids is 1. The third kappa shape index (κ3) is 4.42. The molecular weight excluding hydrogens is 240 g/mol. The number of hydrogen-bond donors (Lipinski definition) is 1. The van der Waals surface area contributed by atoms with Crippen molar-refractivity contribution in [2.45, 2.75) is 6.42 Å². The van der Waals surface area contributed by atoms with Crippen LogP contribution < -0.4 is 5.32 Å². The van der Waals surface area contributed by atoms with Crippen LogP contribution >= 0.6 is 12.4 Å². The number of nitrogens with zero attached hydrogens (tertiary/aromatic N) is 1. The molecule has 0 spiro atoms. The molecule has 1 aliphatic rings. The second-order valence-electron chi connectivity index (χ2n) is 4.01. The number of Topliss-reactive ketones (excluding diaryl/α,β-unsaturated/α-hetero) is 1. The summed E-state index contributed by atoms with van der Waals surface area (Å²) < 4.78 is 5.40. The lowest BCUT2D eigenvalue weighted by Gasteiger charge is -2.08. The van der Waals surface area contributed by atoms with Crippen LogP contribution in [-0.2, 0) is 4.74 Å². The van der Waals surface area contributed by atoms with Crippen molar-refractivity contribution in [1.29, 1.82) is 0 Å². The average Bonchev–Trinajstić information content (AvgIpc) is 2.83. The molecule has 5 heteroatoms. The van der Waals surface area contributed by atoms with Gasteiger partial charge in [0.05, 0.1) is 6.61 Å². The molecule has 4 nitrogen and oxygen atoms in total. The Morgan fingerprint density at radius 1 is 1.53 bits per heavy atom. The lowest BCUT2D eigenvalue weighted by atomic mass is 10.1. The number of ether oxygens (including phenoxy) is 1. The van der Waals surface area contributed by atoms with Gasteiger partial charge < -0.3 is 10.1 Å². The predicted molar refractivity (Wildman–Crippen MR) is 67.6 cm³/mol. The summed E-state index contributed by atoms with van der Waals surface area (Å²) in [6.07, 6.45) is 2.76. The molecule has 1 aromatic heterocycles. The number of rotatable bonds is 5. The lowest BCUT2D eigenvalue weighted by molar-refractivity contribution is 0.0687. The van der Waals surface area contributed by atoms with Gasteiger partial charge in [0, 0.05) is 12.7 Å². The smallest absolute Gasteiger partial charge is 0.206 e. The van der Waals surface area contributed by atoms with Crippen molar-refractivity contribution < 1.29 is 9.53 Å². The first-order valence-electron chi connectivity index (χ1n) is 5.59. The van der Waals surface area contributed by atoms with Crippen molar-refractivity contribution in [3.8, 4) is 0 Å². The molecule has 1 aromatic rings. The molecule has 0 amide bonds. The summed E-state index contributed by atoms with van der Waals surface area (Å²) in [6, 6.07) is 5.31. The molecule has 2 rings (SSSR count). The summed E-state index contributed by atoms with van der Waals surface area (Å²) in [5, 5.41) is 3.26. The Labute approximate surface area is 107 Å². The van der Waals surface area contributed by atoms with Gasteiger partial charge in [-0.1, -0.05) is 6.07 Å². The molecule has 1 aliphatic heterocycles. The van der Waals surface area contributed by atoms with E-state index in [-0.39, 0.29) is 24.8 Å². The van der Waals surface area contributed by atoms with Gasteiger partial charge in [-0.15, -0.1) is 12.4 Å². The molecule has 1 N–H and O–H groups in total. The van der Waals surface area contributed by atoms with Crippen LogP contribution in [0.15, 0.2) is 24.4 Å². The summed E-state index contributed by atoms with van der Waals surface area (Å²) in [4.78, 5) is 15.6. The Hall–Kier alpha value is -0.970. The van der Waals surface area contributed by atoms with E-state index in [1.54, 1.807) is 24.4 Å². The van der Waals surface area contributed by atoms with Crippen molar-refractivity contribution in [3.05, 3.63) is 30.1 Å². The van der Waals surface area contributed by atoms with Gasteiger partial charge in [-0.2, -0.15) is 0 Å². The number of halogens is 1. The number of aromatic nitrogens is 1. The van der Waals surface area contributed by atoms with Gasteiger partial charge in [-0.3, -0.25) is 9.78 Å². The summed E-state index contributed by atoms with van der Waals surface area (Å²) in [5.41, 5.74) is 0.479. The standard InChI is InChI=1S/C12H16N2O2.ClH/c15-12(11-3-1-2-5-14-11)9-16-8-10-4-6-13-7-10;/h1-3,5,10,13H,4,6-9H2;1H. The monoisotopic (exact) mass is 256 g/mol. The van der Waals surface area contributed by atoms with E-state index in [1.165, 1.54) is 0 Å². The van der Waals surface area contributed by atoms with E-state index in [0.29, 0.717) is 18.2 Å². The van der Waals surface area contributed by atoms with Crippen LogP contribution in [0.25, 0.3) is 0 Å². The van der Waals surface area contributed by atoms with Gasteiger partial charge in [-0.25, -0.2) is 0 Å². The molecule has 0 saturated carbocycles. The highest BCUT2D eigenvalue weighted by Crippen LogP contribution is 2.07. The normalized spacial score (nSPS) is 18.7. The first kappa shape index (κ1) is 14.1. The first-order valence-corrected chi connectivity index (χ1v) is 5.59. The van der Waals surface area contributed by atoms with Crippen LogP contribution in [0, 0.1) is 5.92 Å². The number of pyridine rings is 1. The SMILES string of the molecule is Cl.O=C(COCC1CCNC1)c1ccccn1. The quantitative estimate of drug-likeness (QED) is 0.808. The molecule has 17 heavy (non-hydrogen) atoms. The highest BCUT2D eigenvalue weighted by molar-refractivity contribution is 5.95. The molecular formula is C12H17ClN2O2. The Bertz CT molecular complexity index is 340. The molecule has 1 atom stereocenters. The second kappa shape index (κ2) is 7.37. The van der Waals surface area contributed by atoms with E-state index in [9.17, 15) is 4.79 Å². The number of nitrogens with one attached hydrogen (secondary N) is 1. The minimum absolute atomic E-state index is 0. The number of hydrogen-bond acceptors (Lipinski definition) is 4. The van der Waals surface area contributed by atoms with Gasteiger partial charge in [-0.05, 0) is 31.0 Å². The Morgan fingerprint density at radius 2 is 2.41 bits per heavy atom. The van der Waals surface area contributed by atoms with Crippen molar-refractivity contribution in [2.24, 2.45) is 5.92 Å². The summed E-state index contributed by atoms with van der Waals surface area (Å²) in [6.45, 7) is 2.85.